The number of rotatable bonds is 11. The van der Waals surface area contributed by atoms with E-state index < -0.39 is 0 Å². The molecule has 0 fully saturated rings. The molecule has 1 unspecified atom stereocenters. The molecule has 2 rings (SSSR count). The quantitative estimate of drug-likeness (QED) is 0.320. The number of fused-ring (bicyclic) bond motifs is 1. The summed E-state index contributed by atoms with van der Waals surface area (Å²) in [5.41, 5.74) is 1.14. The van der Waals surface area contributed by atoms with Crippen LogP contribution in [0.3, 0.4) is 0 Å². The van der Waals surface area contributed by atoms with Crippen LogP contribution in [0, 0.1) is 6.92 Å². The SMILES string of the molecule is CCCCOc1c(C)cc(OCCCCC(Cl)CC)c2ccccc12. The Kier molecular flexibility index (Phi) is 8.40. The fourth-order valence-corrected chi connectivity index (χ4v) is 3.09. The molecule has 25 heavy (non-hydrogen) atoms. The van der Waals surface area contributed by atoms with Crippen molar-refractivity contribution in [3.05, 3.63) is 35.9 Å². The van der Waals surface area contributed by atoms with Crippen molar-refractivity contribution in [1.82, 2.24) is 0 Å². The van der Waals surface area contributed by atoms with Gasteiger partial charge in [0.2, 0.25) is 0 Å². The monoisotopic (exact) mass is 362 g/mol. The van der Waals surface area contributed by atoms with Gasteiger partial charge in [-0.05, 0) is 50.7 Å². The zero-order valence-electron chi connectivity index (χ0n) is 15.8. The van der Waals surface area contributed by atoms with Gasteiger partial charge < -0.3 is 9.47 Å². The first kappa shape index (κ1) is 19.9. The number of benzene rings is 2. The Morgan fingerprint density at radius 3 is 2.40 bits per heavy atom. The van der Waals surface area contributed by atoms with Crippen LogP contribution >= 0.6 is 11.6 Å². The van der Waals surface area contributed by atoms with Crippen LogP contribution in [0.15, 0.2) is 30.3 Å². The number of hydrogen-bond donors (Lipinski definition) is 0. The Labute approximate surface area is 157 Å². The number of hydrogen-bond acceptors (Lipinski definition) is 2. The molecule has 0 saturated carbocycles. The second kappa shape index (κ2) is 10.6. The second-order valence-corrected chi connectivity index (χ2v) is 7.24. The van der Waals surface area contributed by atoms with E-state index in [1.54, 1.807) is 0 Å². The van der Waals surface area contributed by atoms with Crippen molar-refractivity contribution in [2.75, 3.05) is 13.2 Å². The molecule has 0 heterocycles. The first-order valence-electron chi connectivity index (χ1n) is 9.59. The highest BCUT2D eigenvalue weighted by Gasteiger charge is 2.11. The van der Waals surface area contributed by atoms with Crippen LogP contribution in [0.5, 0.6) is 11.5 Å². The third kappa shape index (κ3) is 5.81. The predicted molar refractivity (Wildman–Crippen MR) is 108 cm³/mol. The molecule has 0 bridgehead atoms. The Balaban J connectivity index is 2.06. The lowest BCUT2D eigenvalue weighted by atomic mass is 10.0. The van der Waals surface area contributed by atoms with Gasteiger partial charge in [-0.1, -0.05) is 44.5 Å². The summed E-state index contributed by atoms with van der Waals surface area (Å²) in [6.07, 6.45) is 6.45. The maximum absolute atomic E-state index is 6.17. The molecule has 0 aromatic heterocycles. The molecular weight excluding hydrogens is 332 g/mol. The van der Waals surface area contributed by atoms with Crippen LogP contribution in [-0.2, 0) is 0 Å². The molecule has 0 aliphatic heterocycles. The molecule has 2 aromatic rings. The number of unbranched alkanes of at least 4 members (excludes halogenated alkanes) is 2. The lowest BCUT2D eigenvalue weighted by Gasteiger charge is -2.16. The van der Waals surface area contributed by atoms with Crippen LogP contribution in [0.2, 0.25) is 0 Å². The lowest BCUT2D eigenvalue weighted by molar-refractivity contribution is 0.302. The molecule has 138 valence electrons. The van der Waals surface area contributed by atoms with Crippen molar-refractivity contribution in [2.24, 2.45) is 0 Å². The van der Waals surface area contributed by atoms with Crippen LogP contribution < -0.4 is 9.47 Å². The van der Waals surface area contributed by atoms with Crippen molar-refractivity contribution in [1.29, 1.82) is 0 Å². The maximum atomic E-state index is 6.17. The van der Waals surface area contributed by atoms with E-state index in [0.717, 1.165) is 79.6 Å². The Hall–Kier alpha value is -1.41. The summed E-state index contributed by atoms with van der Waals surface area (Å²) in [4.78, 5) is 0. The first-order valence-corrected chi connectivity index (χ1v) is 10.0. The van der Waals surface area contributed by atoms with Crippen LogP contribution in [0.25, 0.3) is 10.8 Å². The van der Waals surface area contributed by atoms with Gasteiger partial charge in [-0.15, -0.1) is 11.6 Å². The van der Waals surface area contributed by atoms with Crippen molar-refractivity contribution in [2.45, 2.75) is 64.7 Å². The van der Waals surface area contributed by atoms with Gasteiger partial charge in [-0.25, -0.2) is 0 Å². The molecule has 2 aromatic carbocycles. The Bertz CT molecular complexity index is 654. The number of aryl methyl sites for hydroxylation is 1. The maximum Gasteiger partial charge on any atom is 0.130 e. The summed E-state index contributed by atoms with van der Waals surface area (Å²) in [6.45, 7) is 7.90. The number of halogens is 1. The average molecular weight is 363 g/mol. The Morgan fingerprint density at radius 2 is 1.68 bits per heavy atom. The van der Waals surface area contributed by atoms with Gasteiger partial charge in [-0.2, -0.15) is 0 Å². The number of alkyl halides is 1. The summed E-state index contributed by atoms with van der Waals surface area (Å²) in [5.74, 6) is 1.94. The highest BCUT2D eigenvalue weighted by Crippen LogP contribution is 2.36. The van der Waals surface area contributed by atoms with Crippen molar-refractivity contribution < 1.29 is 9.47 Å². The summed E-state index contributed by atoms with van der Waals surface area (Å²) < 4.78 is 12.2. The second-order valence-electron chi connectivity index (χ2n) is 6.62. The molecule has 0 spiro atoms. The van der Waals surface area contributed by atoms with E-state index in [-0.39, 0.29) is 0 Å². The molecular formula is C22H31ClO2. The van der Waals surface area contributed by atoms with E-state index in [0.29, 0.717) is 5.38 Å². The smallest absolute Gasteiger partial charge is 0.130 e. The van der Waals surface area contributed by atoms with Crippen LogP contribution in [0.4, 0.5) is 0 Å². The zero-order valence-corrected chi connectivity index (χ0v) is 16.6. The largest absolute Gasteiger partial charge is 0.493 e. The van der Waals surface area contributed by atoms with Crippen molar-refractivity contribution in [3.8, 4) is 11.5 Å². The van der Waals surface area contributed by atoms with E-state index in [1.165, 1.54) is 0 Å². The minimum absolute atomic E-state index is 0.294. The van der Waals surface area contributed by atoms with Crippen LogP contribution in [-0.4, -0.2) is 18.6 Å². The summed E-state index contributed by atoms with van der Waals surface area (Å²) >= 11 is 6.17. The highest BCUT2D eigenvalue weighted by molar-refractivity contribution is 6.20. The number of ether oxygens (including phenoxy) is 2. The van der Waals surface area contributed by atoms with Gasteiger partial charge in [0.15, 0.2) is 0 Å². The lowest BCUT2D eigenvalue weighted by Crippen LogP contribution is -2.03. The molecule has 0 amide bonds. The highest BCUT2D eigenvalue weighted by atomic mass is 35.5. The average Bonchev–Trinajstić information content (AvgIpc) is 2.63. The van der Waals surface area contributed by atoms with Crippen molar-refractivity contribution in [3.63, 3.8) is 0 Å². The fraction of sp³-hybridized carbons (Fsp3) is 0.545. The zero-order chi connectivity index (χ0) is 18.1. The first-order chi connectivity index (χ1) is 12.2. The van der Waals surface area contributed by atoms with Crippen LogP contribution in [0.1, 0.15) is 57.9 Å². The molecule has 3 heteroatoms. The van der Waals surface area contributed by atoms with E-state index in [4.69, 9.17) is 21.1 Å². The summed E-state index contributed by atoms with van der Waals surface area (Å²) in [5, 5.41) is 2.56. The van der Waals surface area contributed by atoms with E-state index in [2.05, 4.69) is 51.1 Å². The Morgan fingerprint density at radius 1 is 0.960 bits per heavy atom. The van der Waals surface area contributed by atoms with Gasteiger partial charge >= 0.3 is 0 Å². The van der Waals surface area contributed by atoms with Gasteiger partial charge in [0, 0.05) is 16.1 Å². The van der Waals surface area contributed by atoms with Gasteiger partial charge in [-0.3, -0.25) is 0 Å². The third-order valence-corrected chi connectivity index (χ3v) is 5.03. The van der Waals surface area contributed by atoms with Gasteiger partial charge in [0.1, 0.15) is 11.5 Å². The van der Waals surface area contributed by atoms with Gasteiger partial charge in [0.25, 0.3) is 0 Å². The molecule has 1 atom stereocenters. The van der Waals surface area contributed by atoms with Crippen molar-refractivity contribution >= 4 is 22.4 Å². The van der Waals surface area contributed by atoms with E-state index in [9.17, 15) is 0 Å². The minimum Gasteiger partial charge on any atom is -0.493 e. The topological polar surface area (TPSA) is 18.5 Å². The molecule has 2 nitrogen and oxygen atoms in total. The van der Waals surface area contributed by atoms with Gasteiger partial charge in [0.05, 0.1) is 13.2 Å². The fourth-order valence-electron chi connectivity index (χ4n) is 2.93. The van der Waals surface area contributed by atoms with E-state index in [1.807, 2.05) is 0 Å². The molecule has 0 radical (unpaired) electrons. The predicted octanol–water partition coefficient (Wildman–Crippen LogP) is 6.89. The summed E-state index contributed by atoms with van der Waals surface area (Å²) in [7, 11) is 0. The molecule has 0 aliphatic carbocycles. The minimum atomic E-state index is 0.294. The molecule has 0 aliphatic rings. The molecule has 0 saturated heterocycles. The molecule has 0 N–H and O–H groups in total. The standard InChI is InChI=1S/C22H31ClO2/c1-4-6-14-25-22-17(3)16-21(19-12-7-8-13-20(19)22)24-15-10-9-11-18(23)5-2/h7-8,12-13,16,18H,4-6,9-11,14-15H2,1-3H3. The third-order valence-electron chi connectivity index (χ3n) is 4.50. The normalized spacial score (nSPS) is 12.3. The van der Waals surface area contributed by atoms with E-state index >= 15 is 0 Å². The summed E-state index contributed by atoms with van der Waals surface area (Å²) in [6, 6.07) is 10.5.